The van der Waals surface area contributed by atoms with Crippen LogP contribution in [0, 0.1) is 11.7 Å². The minimum absolute atomic E-state index is 0.119. The Hall–Kier alpha value is -2.41. The maximum Gasteiger partial charge on any atom is 0.264 e. The third-order valence-electron chi connectivity index (χ3n) is 3.96. The van der Waals surface area contributed by atoms with Gasteiger partial charge in [0.15, 0.2) is 4.77 Å². The molecule has 0 saturated carbocycles. The van der Waals surface area contributed by atoms with Crippen LogP contribution in [-0.4, -0.2) is 14.5 Å². The number of alkyl halides is 2. The van der Waals surface area contributed by atoms with Gasteiger partial charge in [0.05, 0.1) is 11.4 Å². The van der Waals surface area contributed by atoms with E-state index in [1.807, 2.05) is 37.3 Å². The number of pyridine rings is 1. The number of aromatic amines is 1. The fraction of sp³-hybridized carbons (Fsp3) is 0.235. The van der Waals surface area contributed by atoms with Gasteiger partial charge in [-0.25, -0.2) is 13.8 Å². The molecule has 0 fully saturated rings. The van der Waals surface area contributed by atoms with Gasteiger partial charge in [-0.15, -0.1) is 0 Å². The predicted molar refractivity (Wildman–Crippen MR) is 91.1 cm³/mol. The van der Waals surface area contributed by atoms with Crippen molar-refractivity contribution < 1.29 is 8.78 Å². The summed E-state index contributed by atoms with van der Waals surface area (Å²) in [6.07, 6.45) is -2.77. The average molecular weight is 347 g/mol. The van der Waals surface area contributed by atoms with E-state index >= 15 is 0 Å². The van der Waals surface area contributed by atoms with Crippen molar-refractivity contribution in [2.45, 2.75) is 26.3 Å². The number of aromatic nitrogens is 3. The van der Waals surface area contributed by atoms with Crippen LogP contribution in [0.5, 0.6) is 0 Å². The summed E-state index contributed by atoms with van der Waals surface area (Å²) in [5.74, 6) is 0. The van der Waals surface area contributed by atoms with Gasteiger partial charge >= 0.3 is 0 Å². The summed E-state index contributed by atoms with van der Waals surface area (Å²) >= 11 is 5.28. The van der Waals surface area contributed by atoms with Crippen LogP contribution in [0.4, 0.5) is 8.78 Å². The summed E-state index contributed by atoms with van der Waals surface area (Å²) in [4.78, 5) is 19.1. The molecule has 24 heavy (non-hydrogen) atoms. The molecule has 124 valence electrons. The van der Waals surface area contributed by atoms with E-state index in [-0.39, 0.29) is 27.4 Å². The molecule has 0 aliphatic carbocycles. The lowest BCUT2D eigenvalue weighted by molar-refractivity contribution is 0.153. The van der Waals surface area contributed by atoms with Crippen LogP contribution in [0.15, 0.2) is 41.2 Å². The van der Waals surface area contributed by atoms with E-state index < -0.39 is 12.0 Å². The van der Waals surface area contributed by atoms with Crippen LogP contribution >= 0.6 is 12.2 Å². The Morgan fingerprint density at radius 1 is 1.25 bits per heavy atom. The Balaban J connectivity index is 2.41. The van der Waals surface area contributed by atoms with Crippen molar-refractivity contribution in [3.63, 3.8) is 0 Å². The van der Waals surface area contributed by atoms with Crippen molar-refractivity contribution >= 4 is 23.3 Å². The fourth-order valence-corrected chi connectivity index (χ4v) is 3.15. The van der Waals surface area contributed by atoms with Crippen molar-refractivity contribution in [3.8, 4) is 0 Å². The molecule has 4 nitrogen and oxygen atoms in total. The molecular formula is C17H15F2N3OS. The van der Waals surface area contributed by atoms with E-state index in [2.05, 4.69) is 9.97 Å². The van der Waals surface area contributed by atoms with Crippen molar-refractivity contribution in [1.82, 2.24) is 14.5 Å². The van der Waals surface area contributed by atoms with E-state index in [1.54, 1.807) is 11.5 Å². The smallest absolute Gasteiger partial charge is 0.264 e. The lowest BCUT2D eigenvalue weighted by Crippen LogP contribution is -2.20. The first kappa shape index (κ1) is 16.4. The fourth-order valence-electron chi connectivity index (χ4n) is 2.82. The summed E-state index contributed by atoms with van der Waals surface area (Å²) in [6.45, 7) is 3.50. The van der Waals surface area contributed by atoms with Gasteiger partial charge in [-0.3, -0.25) is 14.3 Å². The van der Waals surface area contributed by atoms with E-state index in [0.717, 1.165) is 5.56 Å². The Kier molecular flexibility index (Phi) is 4.28. The first-order chi connectivity index (χ1) is 11.4. The molecule has 1 N–H and O–H groups in total. The highest BCUT2D eigenvalue weighted by atomic mass is 32.1. The zero-order chi connectivity index (χ0) is 17.4. The number of halogens is 2. The molecule has 2 aromatic heterocycles. The highest BCUT2D eigenvalue weighted by Gasteiger charge is 2.21. The number of H-pyrrole nitrogens is 1. The van der Waals surface area contributed by atoms with Crippen LogP contribution < -0.4 is 5.56 Å². The number of nitrogens with zero attached hydrogens (tertiary/aromatic N) is 2. The predicted octanol–water partition coefficient (Wildman–Crippen LogP) is 4.31. The van der Waals surface area contributed by atoms with Gasteiger partial charge in [-0.2, -0.15) is 0 Å². The number of hydrogen-bond donors (Lipinski definition) is 1. The summed E-state index contributed by atoms with van der Waals surface area (Å²) in [5, 5.41) is -0.119. The minimum atomic E-state index is -2.77. The molecule has 1 aromatic carbocycles. The van der Waals surface area contributed by atoms with Crippen LogP contribution in [0.2, 0.25) is 0 Å². The molecule has 7 heteroatoms. The van der Waals surface area contributed by atoms with Crippen LogP contribution in [0.25, 0.3) is 11.0 Å². The summed E-state index contributed by atoms with van der Waals surface area (Å²) in [6, 6.07) is 10.4. The first-order valence-electron chi connectivity index (χ1n) is 7.39. The molecule has 3 rings (SSSR count). The minimum Gasteiger partial charge on any atom is -0.298 e. The van der Waals surface area contributed by atoms with Crippen LogP contribution in [-0.2, 0) is 0 Å². The second-order valence-electron chi connectivity index (χ2n) is 5.57. The molecule has 0 radical (unpaired) electrons. The Morgan fingerprint density at radius 3 is 2.54 bits per heavy atom. The number of benzene rings is 1. The van der Waals surface area contributed by atoms with Gasteiger partial charge in [0, 0.05) is 11.3 Å². The number of fused-ring (bicyclic) bond motifs is 1. The SMILES string of the molecule is Cc1cc(C(F)F)c2c(=O)[nH]c(=S)n([C@H](C)c3ccccc3)c2n1. The molecule has 0 bridgehead atoms. The third kappa shape index (κ3) is 2.75. The molecule has 0 amide bonds. The number of nitrogens with one attached hydrogen (secondary N) is 1. The van der Waals surface area contributed by atoms with Crippen molar-refractivity contribution in [2.24, 2.45) is 0 Å². The van der Waals surface area contributed by atoms with E-state index in [0.29, 0.717) is 5.69 Å². The third-order valence-corrected chi connectivity index (χ3v) is 4.26. The zero-order valence-corrected chi connectivity index (χ0v) is 13.9. The number of hydrogen-bond acceptors (Lipinski definition) is 3. The topological polar surface area (TPSA) is 50.7 Å². The largest absolute Gasteiger partial charge is 0.298 e. The molecule has 0 aliphatic rings. The monoisotopic (exact) mass is 347 g/mol. The van der Waals surface area contributed by atoms with Gasteiger partial charge in [0.2, 0.25) is 0 Å². The maximum absolute atomic E-state index is 13.4. The average Bonchev–Trinajstić information content (AvgIpc) is 2.54. The zero-order valence-electron chi connectivity index (χ0n) is 13.1. The lowest BCUT2D eigenvalue weighted by atomic mass is 10.1. The highest BCUT2D eigenvalue weighted by Crippen LogP contribution is 2.28. The quantitative estimate of drug-likeness (QED) is 0.718. The van der Waals surface area contributed by atoms with Crippen molar-refractivity contribution in [1.29, 1.82) is 0 Å². The van der Waals surface area contributed by atoms with E-state index in [9.17, 15) is 13.6 Å². The highest BCUT2D eigenvalue weighted by molar-refractivity contribution is 7.71. The standard InChI is InChI=1S/C17H15F2N3OS/c1-9-8-12(14(18)19)13-15(20-9)22(17(24)21-16(13)23)10(2)11-6-4-3-5-7-11/h3-8,10,14H,1-2H3,(H,21,23,24)/t10-/m1/s1. The molecule has 0 spiro atoms. The number of rotatable bonds is 3. The Bertz CT molecular complexity index is 1010. The van der Waals surface area contributed by atoms with Gasteiger partial charge in [-0.1, -0.05) is 30.3 Å². The summed E-state index contributed by atoms with van der Waals surface area (Å²) < 4.78 is 28.6. The van der Waals surface area contributed by atoms with Crippen LogP contribution in [0.3, 0.4) is 0 Å². The molecule has 0 aliphatic heterocycles. The molecular weight excluding hydrogens is 332 g/mol. The molecule has 2 heterocycles. The van der Waals surface area contributed by atoms with Crippen LogP contribution in [0.1, 0.15) is 36.2 Å². The molecule has 3 aromatic rings. The van der Waals surface area contributed by atoms with Crippen molar-refractivity contribution in [3.05, 3.63) is 68.3 Å². The normalized spacial score (nSPS) is 12.7. The molecule has 1 atom stereocenters. The van der Waals surface area contributed by atoms with Gasteiger partial charge in [0.25, 0.3) is 12.0 Å². The first-order valence-corrected chi connectivity index (χ1v) is 7.80. The Labute approximate surface area is 141 Å². The Morgan fingerprint density at radius 2 is 1.92 bits per heavy atom. The van der Waals surface area contributed by atoms with Crippen molar-refractivity contribution in [2.75, 3.05) is 0 Å². The molecule has 0 unspecified atom stereocenters. The summed E-state index contributed by atoms with van der Waals surface area (Å²) in [5.41, 5.74) is 0.545. The van der Waals surface area contributed by atoms with Gasteiger partial charge < -0.3 is 0 Å². The van der Waals surface area contributed by atoms with E-state index in [1.165, 1.54) is 6.07 Å². The second-order valence-corrected chi connectivity index (χ2v) is 5.95. The van der Waals surface area contributed by atoms with Gasteiger partial charge in [-0.05, 0) is 37.7 Å². The second kappa shape index (κ2) is 6.24. The summed E-state index contributed by atoms with van der Waals surface area (Å²) in [7, 11) is 0. The lowest BCUT2D eigenvalue weighted by Gasteiger charge is -2.19. The van der Waals surface area contributed by atoms with Gasteiger partial charge in [0.1, 0.15) is 5.65 Å². The van der Waals surface area contributed by atoms with E-state index in [4.69, 9.17) is 12.2 Å². The maximum atomic E-state index is 13.4. The number of aryl methyl sites for hydroxylation is 1. The molecule has 0 saturated heterocycles.